The van der Waals surface area contributed by atoms with Crippen LogP contribution in [0.2, 0.25) is 0 Å². The van der Waals surface area contributed by atoms with Crippen molar-refractivity contribution in [3.63, 3.8) is 0 Å². The molecule has 2 aromatic heterocycles. The summed E-state index contributed by atoms with van der Waals surface area (Å²) in [4.78, 5) is 30.8. The Labute approximate surface area is 207 Å². The fraction of sp³-hybridized carbons (Fsp3) is 0.308. The molecule has 0 saturated carbocycles. The Morgan fingerprint density at radius 2 is 2.08 bits per heavy atom. The lowest BCUT2D eigenvalue weighted by molar-refractivity contribution is -0.125. The van der Waals surface area contributed by atoms with Crippen LogP contribution in [0.5, 0.6) is 11.5 Å². The fourth-order valence-electron chi connectivity index (χ4n) is 4.27. The maximum absolute atomic E-state index is 14.9. The van der Waals surface area contributed by atoms with Gasteiger partial charge in [0.15, 0.2) is 17.3 Å². The Morgan fingerprint density at radius 1 is 1.31 bits per heavy atom. The number of rotatable bonds is 6. The van der Waals surface area contributed by atoms with Crippen molar-refractivity contribution < 1.29 is 23.5 Å². The van der Waals surface area contributed by atoms with E-state index >= 15 is 0 Å². The number of halogens is 1. The van der Waals surface area contributed by atoms with Gasteiger partial charge in [-0.3, -0.25) is 14.3 Å². The molecule has 1 atom stereocenters. The molecule has 1 fully saturated rings. The first-order chi connectivity index (χ1) is 17.3. The van der Waals surface area contributed by atoms with Crippen molar-refractivity contribution in [2.24, 2.45) is 0 Å². The minimum absolute atomic E-state index is 0.0102. The minimum Gasteiger partial charge on any atom is -0.497 e. The molecule has 1 aliphatic rings. The third kappa shape index (κ3) is 4.35. The normalized spacial score (nSPS) is 14.9. The molecule has 1 aliphatic heterocycles. The molecular weight excluding hydrogens is 465 g/mol. The van der Waals surface area contributed by atoms with Crippen LogP contribution in [0.3, 0.4) is 0 Å². The van der Waals surface area contributed by atoms with Crippen molar-refractivity contribution in [1.29, 1.82) is 0 Å². The van der Waals surface area contributed by atoms with Gasteiger partial charge in [-0.2, -0.15) is 5.10 Å². The van der Waals surface area contributed by atoms with Crippen LogP contribution in [0, 0.1) is 17.7 Å². The maximum atomic E-state index is 14.9. The van der Waals surface area contributed by atoms with E-state index in [-0.39, 0.29) is 47.0 Å². The van der Waals surface area contributed by atoms with Crippen LogP contribution in [0.15, 0.2) is 31.0 Å². The number of anilines is 1. The van der Waals surface area contributed by atoms with E-state index in [0.29, 0.717) is 41.7 Å². The number of hydrogen-bond donors (Lipinski definition) is 1. The second-order valence-corrected chi connectivity index (χ2v) is 8.22. The summed E-state index contributed by atoms with van der Waals surface area (Å²) in [6, 6.07) is 2.66. The second kappa shape index (κ2) is 10.1. The molecule has 3 aromatic rings. The molecule has 3 heterocycles. The maximum Gasteiger partial charge on any atom is 0.246 e. The summed E-state index contributed by atoms with van der Waals surface area (Å²) in [6.45, 7) is 6.21. The van der Waals surface area contributed by atoms with Crippen LogP contribution in [0.25, 0.3) is 10.9 Å². The molecule has 4 rings (SSSR count). The zero-order valence-corrected chi connectivity index (χ0v) is 20.3. The van der Waals surface area contributed by atoms with Crippen molar-refractivity contribution in [2.45, 2.75) is 25.8 Å². The van der Waals surface area contributed by atoms with Crippen molar-refractivity contribution >= 4 is 28.4 Å². The molecule has 36 heavy (non-hydrogen) atoms. The largest absolute Gasteiger partial charge is 0.497 e. The van der Waals surface area contributed by atoms with Gasteiger partial charge in [0.05, 0.1) is 42.3 Å². The number of pyridine rings is 1. The second-order valence-electron chi connectivity index (χ2n) is 8.22. The summed E-state index contributed by atoms with van der Waals surface area (Å²) >= 11 is 0. The summed E-state index contributed by atoms with van der Waals surface area (Å²) in [5.74, 6) is 5.26. The summed E-state index contributed by atoms with van der Waals surface area (Å²) in [6.07, 6.45) is 3.58. The van der Waals surface area contributed by atoms with Crippen LogP contribution < -0.4 is 15.2 Å². The monoisotopic (exact) mass is 491 g/mol. The lowest BCUT2D eigenvalue weighted by Crippen LogP contribution is -2.27. The predicted molar refractivity (Wildman–Crippen MR) is 132 cm³/mol. The van der Waals surface area contributed by atoms with E-state index < -0.39 is 5.82 Å². The van der Waals surface area contributed by atoms with Gasteiger partial charge >= 0.3 is 0 Å². The molecule has 1 saturated heterocycles. The van der Waals surface area contributed by atoms with Gasteiger partial charge in [0.1, 0.15) is 17.3 Å². The SMILES string of the molecule is C=CC(=O)N1CC[C@H](n2nc(C#Cc3cc(OC)cc(OC)c3F)c3c(N)ncc(C(=O)CC)c32)C1. The number of methoxy groups -OCH3 is 2. The number of amides is 1. The molecule has 1 aromatic carbocycles. The lowest BCUT2D eigenvalue weighted by atomic mass is 10.1. The molecule has 1 amide bonds. The smallest absolute Gasteiger partial charge is 0.246 e. The van der Waals surface area contributed by atoms with Gasteiger partial charge in [-0.1, -0.05) is 19.4 Å². The first-order valence-electron chi connectivity index (χ1n) is 11.4. The number of nitrogens with two attached hydrogens (primary N) is 1. The van der Waals surface area contributed by atoms with Crippen molar-refractivity contribution in [3.05, 3.63) is 53.6 Å². The zero-order valence-electron chi connectivity index (χ0n) is 20.3. The highest BCUT2D eigenvalue weighted by Gasteiger charge is 2.30. The molecular formula is C26H26FN5O4. The standard InChI is InChI=1S/C26H26FN5O4/c1-5-20(33)18-13-29-26(28)23-19(8-7-15-11-17(35-3)12-21(36-4)24(15)27)30-32(25(18)23)16-9-10-31(14-16)22(34)6-2/h6,11-13,16H,2,5,9-10,14H2,1,3-4H3,(H2,28,29)/t16-/m0/s1. The number of ketones is 1. The number of likely N-dealkylation sites (tertiary alicyclic amines) is 1. The number of carbonyl (C=O) groups is 2. The van der Waals surface area contributed by atoms with Crippen LogP contribution in [-0.2, 0) is 4.79 Å². The van der Waals surface area contributed by atoms with E-state index in [4.69, 9.17) is 15.2 Å². The van der Waals surface area contributed by atoms with Gasteiger partial charge in [-0.05, 0) is 24.5 Å². The molecule has 0 bridgehead atoms. The van der Waals surface area contributed by atoms with Crippen LogP contribution >= 0.6 is 0 Å². The van der Waals surface area contributed by atoms with E-state index in [2.05, 4.69) is 28.5 Å². The van der Waals surface area contributed by atoms with E-state index in [1.165, 1.54) is 38.6 Å². The molecule has 0 unspecified atom stereocenters. The number of aromatic nitrogens is 3. The third-order valence-corrected chi connectivity index (χ3v) is 6.16. The molecule has 2 N–H and O–H groups in total. The summed E-state index contributed by atoms with van der Waals surface area (Å²) < 4.78 is 26.9. The third-order valence-electron chi connectivity index (χ3n) is 6.16. The molecule has 9 nitrogen and oxygen atoms in total. The van der Waals surface area contributed by atoms with Crippen LogP contribution in [0.1, 0.15) is 47.4 Å². The van der Waals surface area contributed by atoms with Crippen LogP contribution in [0.4, 0.5) is 10.2 Å². The van der Waals surface area contributed by atoms with Gasteiger partial charge in [0.25, 0.3) is 0 Å². The molecule has 10 heteroatoms. The van der Waals surface area contributed by atoms with Gasteiger partial charge in [0.2, 0.25) is 5.91 Å². The van der Waals surface area contributed by atoms with Gasteiger partial charge in [0, 0.05) is 31.8 Å². The molecule has 0 radical (unpaired) electrons. The predicted octanol–water partition coefficient (Wildman–Crippen LogP) is 3.12. The molecule has 186 valence electrons. The minimum atomic E-state index is -0.642. The van der Waals surface area contributed by atoms with E-state index in [1.807, 2.05) is 0 Å². The van der Waals surface area contributed by atoms with E-state index in [0.717, 1.165) is 0 Å². The number of carbonyl (C=O) groups excluding carboxylic acids is 2. The Hall–Kier alpha value is -4.39. The highest BCUT2D eigenvalue weighted by Crippen LogP contribution is 2.33. The highest BCUT2D eigenvalue weighted by atomic mass is 19.1. The van der Waals surface area contributed by atoms with Gasteiger partial charge in [-0.15, -0.1) is 0 Å². The van der Waals surface area contributed by atoms with Crippen molar-refractivity contribution in [3.8, 4) is 23.3 Å². The average Bonchev–Trinajstić information content (AvgIpc) is 3.53. The number of Topliss-reactive ketones (excluding diaryl/α,β-unsaturated/α-hetero) is 1. The Balaban J connectivity index is 1.90. The van der Waals surface area contributed by atoms with Crippen molar-refractivity contribution in [2.75, 3.05) is 33.0 Å². The van der Waals surface area contributed by atoms with Crippen molar-refractivity contribution in [1.82, 2.24) is 19.7 Å². The lowest BCUT2D eigenvalue weighted by Gasteiger charge is -2.16. The van der Waals surface area contributed by atoms with Crippen LogP contribution in [-0.4, -0.2) is 58.7 Å². The Kier molecular flexibility index (Phi) is 6.92. The quantitative estimate of drug-likeness (QED) is 0.320. The molecule has 0 aliphatic carbocycles. The zero-order chi connectivity index (χ0) is 26.0. The fourth-order valence-corrected chi connectivity index (χ4v) is 4.27. The number of hydrogen-bond acceptors (Lipinski definition) is 7. The summed E-state index contributed by atoms with van der Waals surface area (Å²) in [5, 5.41) is 5.09. The molecule has 0 spiro atoms. The first kappa shape index (κ1) is 24.7. The number of nitrogens with zero attached hydrogens (tertiary/aromatic N) is 4. The Bertz CT molecular complexity index is 1440. The van der Waals surface area contributed by atoms with E-state index in [9.17, 15) is 14.0 Å². The summed E-state index contributed by atoms with van der Waals surface area (Å²) in [5.41, 5.74) is 7.39. The number of ether oxygens (including phenoxy) is 2. The summed E-state index contributed by atoms with van der Waals surface area (Å²) in [7, 11) is 2.81. The van der Waals surface area contributed by atoms with Gasteiger partial charge in [-0.25, -0.2) is 9.37 Å². The van der Waals surface area contributed by atoms with Gasteiger partial charge < -0.3 is 20.1 Å². The number of fused-ring (bicyclic) bond motifs is 1. The Morgan fingerprint density at radius 3 is 2.75 bits per heavy atom. The first-order valence-corrected chi connectivity index (χ1v) is 11.4. The number of benzene rings is 1. The topological polar surface area (TPSA) is 113 Å². The van der Waals surface area contributed by atoms with E-state index in [1.54, 1.807) is 16.5 Å². The number of nitrogen functional groups attached to an aromatic ring is 1. The highest BCUT2D eigenvalue weighted by molar-refractivity contribution is 6.09. The average molecular weight is 492 g/mol.